The maximum absolute atomic E-state index is 10.7. The first-order valence-electron chi connectivity index (χ1n) is 4.27. The van der Waals surface area contributed by atoms with Crippen LogP contribution in [0, 0.1) is 23.0 Å². The maximum Gasteiger partial charge on any atom is 0.272 e. The van der Waals surface area contributed by atoms with E-state index in [0.29, 0.717) is 5.56 Å². The topological polar surface area (TPSA) is 43.1 Å². The number of aryl methyl sites for hydroxylation is 1. The van der Waals surface area contributed by atoms with Gasteiger partial charge in [0.15, 0.2) is 0 Å². The van der Waals surface area contributed by atoms with Gasteiger partial charge in [0.2, 0.25) is 0 Å². The summed E-state index contributed by atoms with van der Waals surface area (Å²) in [6.07, 6.45) is 1.69. The molecular formula is C11H12NO2. The Kier molecular flexibility index (Phi) is 3.02. The highest BCUT2D eigenvalue weighted by atomic mass is 16.6. The van der Waals surface area contributed by atoms with Crippen LogP contribution in [0.5, 0.6) is 0 Å². The lowest BCUT2D eigenvalue weighted by Crippen LogP contribution is -1.96. The summed E-state index contributed by atoms with van der Waals surface area (Å²) in [4.78, 5) is 10.3. The molecule has 0 bridgehead atoms. The number of hydrogen-bond acceptors (Lipinski definition) is 2. The van der Waals surface area contributed by atoms with Gasteiger partial charge in [-0.15, -0.1) is 6.58 Å². The van der Waals surface area contributed by atoms with E-state index in [-0.39, 0.29) is 10.6 Å². The first-order chi connectivity index (χ1) is 6.56. The highest BCUT2D eigenvalue weighted by molar-refractivity contribution is 5.48. The number of nitro benzene ring substituents is 1. The molecule has 0 saturated heterocycles. The smallest absolute Gasteiger partial charge is 0.258 e. The van der Waals surface area contributed by atoms with E-state index in [1.807, 2.05) is 13.0 Å². The Morgan fingerprint density at radius 1 is 1.57 bits per heavy atom. The van der Waals surface area contributed by atoms with Crippen molar-refractivity contribution in [3.8, 4) is 0 Å². The lowest BCUT2D eigenvalue weighted by Gasteiger charge is -2.05. The molecule has 1 rings (SSSR count). The molecule has 0 spiro atoms. The van der Waals surface area contributed by atoms with Crippen LogP contribution in [0.4, 0.5) is 5.69 Å². The van der Waals surface area contributed by atoms with Gasteiger partial charge in [0, 0.05) is 17.5 Å². The molecule has 0 fully saturated rings. The molecule has 0 aliphatic carbocycles. The molecule has 14 heavy (non-hydrogen) atoms. The number of rotatable bonds is 3. The van der Waals surface area contributed by atoms with Crippen LogP contribution in [0.25, 0.3) is 0 Å². The van der Waals surface area contributed by atoms with E-state index in [1.54, 1.807) is 25.1 Å². The van der Waals surface area contributed by atoms with Crippen LogP contribution in [0.2, 0.25) is 0 Å². The molecule has 0 aliphatic rings. The summed E-state index contributed by atoms with van der Waals surface area (Å²) in [5.41, 5.74) is 1.68. The monoisotopic (exact) mass is 190 g/mol. The first kappa shape index (κ1) is 10.4. The van der Waals surface area contributed by atoms with Crippen molar-refractivity contribution in [2.45, 2.75) is 13.8 Å². The molecule has 0 saturated carbocycles. The standard InChI is InChI=1S/C11H12NO2/c1-4-8(2)10-6-5-9(3)11(7-10)12(13)14/h4-7H,1H2,2-3H3. The fourth-order valence-corrected chi connectivity index (χ4v) is 1.17. The zero-order valence-electron chi connectivity index (χ0n) is 8.28. The normalized spacial score (nSPS) is 10.2. The summed E-state index contributed by atoms with van der Waals surface area (Å²) in [7, 11) is 0. The summed E-state index contributed by atoms with van der Waals surface area (Å²) in [6, 6.07) is 5.19. The van der Waals surface area contributed by atoms with E-state index in [4.69, 9.17) is 0 Å². The van der Waals surface area contributed by atoms with Gasteiger partial charge in [-0.1, -0.05) is 25.1 Å². The number of allylic oxidation sites excluding steroid dienone is 1. The summed E-state index contributed by atoms with van der Waals surface area (Å²) >= 11 is 0. The van der Waals surface area contributed by atoms with E-state index in [2.05, 4.69) is 6.58 Å². The molecule has 1 aromatic rings. The second-order valence-electron chi connectivity index (χ2n) is 3.15. The number of nitro groups is 1. The van der Waals surface area contributed by atoms with E-state index >= 15 is 0 Å². The summed E-state index contributed by atoms with van der Waals surface area (Å²) < 4.78 is 0. The van der Waals surface area contributed by atoms with Crippen molar-refractivity contribution in [1.29, 1.82) is 0 Å². The van der Waals surface area contributed by atoms with Gasteiger partial charge in [0.25, 0.3) is 5.69 Å². The van der Waals surface area contributed by atoms with Gasteiger partial charge in [-0.2, -0.15) is 0 Å². The number of nitrogens with zero attached hydrogens (tertiary/aromatic N) is 1. The van der Waals surface area contributed by atoms with Gasteiger partial charge in [-0.05, 0) is 12.5 Å². The van der Waals surface area contributed by atoms with Crippen molar-refractivity contribution in [1.82, 2.24) is 0 Å². The van der Waals surface area contributed by atoms with Crippen LogP contribution < -0.4 is 0 Å². The molecule has 0 atom stereocenters. The Morgan fingerprint density at radius 2 is 2.21 bits per heavy atom. The van der Waals surface area contributed by atoms with E-state index < -0.39 is 0 Å². The third-order valence-corrected chi connectivity index (χ3v) is 2.17. The molecule has 0 N–H and O–H groups in total. The number of hydrogen-bond donors (Lipinski definition) is 0. The highest BCUT2D eigenvalue weighted by Crippen LogP contribution is 2.23. The van der Waals surface area contributed by atoms with Crippen LogP contribution in [-0.4, -0.2) is 4.92 Å². The zero-order chi connectivity index (χ0) is 10.7. The fourth-order valence-electron chi connectivity index (χ4n) is 1.17. The Hall–Kier alpha value is -1.64. The van der Waals surface area contributed by atoms with Crippen LogP contribution in [-0.2, 0) is 0 Å². The summed E-state index contributed by atoms with van der Waals surface area (Å²) in [5.74, 6) is 0.938. The van der Waals surface area contributed by atoms with Crippen LogP contribution in [0.1, 0.15) is 18.1 Å². The molecule has 1 radical (unpaired) electrons. The molecular weight excluding hydrogens is 178 g/mol. The van der Waals surface area contributed by atoms with E-state index in [9.17, 15) is 10.1 Å². The largest absolute Gasteiger partial charge is 0.272 e. The minimum atomic E-state index is -0.366. The fraction of sp³-hybridized carbons (Fsp3) is 0.182. The van der Waals surface area contributed by atoms with Crippen molar-refractivity contribution in [3.63, 3.8) is 0 Å². The van der Waals surface area contributed by atoms with Crippen molar-refractivity contribution in [3.05, 3.63) is 58.0 Å². The Labute approximate surface area is 83.2 Å². The number of benzene rings is 1. The molecule has 0 aromatic heterocycles. The molecule has 0 heterocycles. The molecule has 0 unspecified atom stereocenters. The van der Waals surface area contributed by atoms with E-state index in [0.717, 1.165) is 11.5 Å². The minimum absolute atomic E-state index is 0.156. The third kappa shape index (κ3) is 1.99. The maximum atomic E-state index is 10.7. The van der Waals surface area contributed by atoms with Gasteiger partial charge in [0.05, 0.1) is 4.92 Å². The molecule has 3 heteroatoms. The second-order valence-corrected chi connectivity index (χ2v) is 3.15. The summed E-state index contributed by atoms with van der Waals surface area (Å²) in [6.45, 7) is 7.23. The lowest BCUT2D eigenvalue weighted by atomic mass is 9.99. The molecule has 3 nitrogen and oxygen atoms in total. The molecule has 0 amide bonds. The van der Waals surface area contributed by atoms with Gasteiger partial charge >= 0.3 is 0 Å². The SMILES string of the molecule is C=C[C](C)c1ccc(C)c([N+](=O)[O-])c1. The zero-order valence-corrected chi connectivity index (χ0v) is 8.28. The third-order valence-electron chi connectivity index (χ3n) is 2.17. The van der Waals surface area contributed by atoms with Gasteiger partial charge in [-0.25, -0.2) is 0 Å². The first-order valence-corrected chi connectivity index (χ1v) is 4.27. The van der Waals surface area contributed by atoms with Gasteiger partial charge in [-0.3, -0.25) is 10.1 Å². The second kappa shape index (κ2) is 4.05. The molecule has 73 valence electrons. The van der Waals surface area contributed by atoms with Crippen LogP contribution in [0.15, 0.2) is 30.9 Å². The van der Waals surface area contributed by atoms with Gasteiger partial charge in [0.1, 0.15) is 0 Å². The lowest BCUT2D eigenvalue weighted by molar-refractivity contribution is -0.385. The molecule has 1 aromatic carbocycles. The Bertz CT molecular complexity index is 372. The Morgan fingerprint density at radius 3 is 2.71 bits per heavy atom. The van der Waals surface area contributed by atoms with Crippen LogP contribution in [0.3, 0.4) is 0 Å². The quantitative estimate of drug-likeness (QED) is 0.543. The predicted octanol–water partition coefficient (Wildman–Crippen LogP) is 3.03. The van der Waals surface area contributed by atoms with Crippen LogP contribution >= 0.6 is 0 Å². The van der Waals surface area contributed by atoms with Crippen molar-refractivity contribution < 1.29 is 4.92 Å². The van der Waals surface area contributed by atoms with Crippen molar-refractivity contribution in [2.75, 3.05) is 0 Å². The molecule has 0 aliphatic heterocycles. The predicted molar refractivity (Wildman–Crippen MR) is 56.0 cm³/mol. The van der Waals surface area contributed by atoms with Crippen molar-refractivity contribution in [2.24, 2.45) is 0 Å². The van der Waals surface area contributed by atoms with Gasteiger partial charge < -0.3 is 0 Å². The highest BCUT2D eigenvalue weighted by Gasteiger charge is 2.12. The summed E-state index contributed by atoms with van der Waals surface area (Å²) in [5, 5.41) is 10.7. The minimum Gasteiger partial charge on any atom is -0.258 e. The van der Waals surface area contributed by atoms with E-state index in [1.165, 1.54) is 0 Å². The average Bonchev–Trinajstić information content (AvgIpc) is 2.17. The average molecular weight is 190 g/mol. The Balaban J connectivity index is 3.19. The van der Waals surface area contributed by atoms with Crippen molar-refractivity contribution >= 4 is 5.69 Å².